The number of hydrogen-bond donors (Lipinski definition) is 0. The lowest BCUT2D eigenvalue weighted by molar-refractivity contribution is 0.564. The van der Waals surface area contributed by atoms with Crippen molar-refractivity contribution in [2.75, 3.05) is 0 Å². The van der Waals surface area contributed by atoms with E-state index < -0.39 is 8.07 Å². The van der Waals surface area contributed by atoms with Gasteiger partial charge in [-0.25, -0.2) is 4.79 Å². The Morgan fingerprint density at radius 2 is 1.43 bits per heavy atom. The van der Waals surface area contributed by atoms with Crippen LogP contribution in [0.5, 0.6) is 0 Å². The molecule has 0 radical (unpaired) electrons. The summed E-state index contributed by atoms with van der Waals surface area (Å²) in [6.45, 7) is 13.6. The van der Waals surface area contributed by atoms with E-state index in [9.17, 15) is 4.79 Å². The second-order valence-corrected chi connectivity index (χ2v) is 12.8. The Labute approximate surface area is 128 Å². The van der Waals surface area contributed by atoms with Gasteiger partial charge in [-0.05, 0) is 28.8 Å². The quantitative estimate of drug-likeness (QED) is 0.606. The summed E-state index contributed by atoms with van der Waals surface area (Å²) in [4.78, 5) is 12.7. The lowest BCUT2D eigenvalue weighted by Crippen LogP contribution is -2.60. The van der Waals surface area contributed by atoms with Crippen LogP contribution >= 0.6 is 0 Å². The Kier molecular flexibility index (Phi) is 4.42. The summed E-state index contributed by atoms with van der Waals surface area (Å²) in [6, 6.07) is 9.90. The van der Waals surface area contributed by atoms with Gasteiger partial charge in [0.1, 0.15) is 13.7 Å². The molecule has 0 amide bonds. The van der Waals surface area contributed by atoms with Crippen molar-refractivity contribution < 1.29 is 4.42 Å². The van der Waals surface area contributed by atoms with E-state index in [1.54, 1.807) is 0 Å². The Bertz CT molecular complexity index is 661. The molecule has 0 spiro atoms. The molecule has 2 nitrogen and oxygen atoms in total. The molecule has 0 fully saturated rings. The molecule has 1 aromatic carbocycles. The number of rotatable bonds is 4. The van der Waals surface area contributed by atoms with Crippen molar-refractivity contribution in [3.63, 3.8) is 0 Å². The van der Waals surface area contributed by atoms with Crippen LogP contribution < -0.4 is 10.8 Å². The zero-order valence-electron chi connectivity index (χ0n) is 13.9. The standard InChI is InChI=1S/C18H26O2Si/c1-12(2)21(13(3)4,14(5)6)17-11-15-9-7-8-10-16(15)20-18(17)19/h7-14H,1-6H3. The van der Waals surface area contributed by atoms with Crippen LogP contribution in [0, 0.1) is 0 Å². The molecule has 2 rings (SSSR count). The van der Waals surface area contributed by atoms with Crippen molar-refractivity contribution >= 4 is 24.2 Å². The largest absolute Gasteiger partial charge is 0.423 e. The maximum atomic E-state index is 12.7. The van der Waals surface area contributed by atoms with Crippen LogP contribution in [0.3, 0.4) is 0 Å². The summed E-state index contributed by atoms with van der Waals surface area (Å²) in [5.41, 5.74) is 2.06. The molecule has 0 aliphatic rings. The molecule has 0 atom stereocenters. The molecule has 2 aromatic rings. The lowest BCUT2D eigenvalue weighted by Gasteiger charge is -2.42. The highest BCUT2D eigenvalue weighted by molar-refractivity contribution is 6.95. The molecule has 0 bridgehead atoms. The third-order valence-corrected chi connectivity index (χ3v) is 12.0. The summed E-state index contributed by atoms with van der Waals surface area (Å²) in [6.07, 6.45) is 0. The van der Waals surface area contributed by atoms with Crippen molar-refractivity contribution in [3.8, 4) is 0 Å². The zero-order valence-corrected chi connectivity index (χ0v) is 14.9. The van der Waals surface area contributed by atoms with Crippen LogP contribution in [0.15, 0.2) is 39.5 Å². The van der Waals surface area contributed by atoms with Gasteiger partial charge in [0, 0.05) is 10.6 Å². The summed E-state index contributed by atoms with van der Waals surface area (Å²) in [5, 5.41) is 1.99. The first kappa shape index (κ1) is 16.0. The van der Waals surface area contributed by atoms with Crippen LogP contribution in [-0.2, 0) is 0 Å². The van der Waals surface area contributed by atoms with Crippen LogP contribution in [0.4, 0.5) is 0 Å². The van der Waals surface area contributed by atoms with E-state index in [4.69, 9.17) is 4.42 Å². The first-order chi connectivity index (χ1) is 9.81. The Hall–Kier alpha value is -1.35. The van der Waals surface area contributed by atoms with Gasteiger partial charge in [-0.3, -0.25) is 0 Å². The average Bonchev–Trinajstić information content (AvgIpc) is 2.38. The van der Waals surface area contributed by atoms with E-state index in [-0.39, 0.29) is 5.63 Å². The lowest BCUT2D eigenvalue weighted by atomic mass is 10.2. The van der Waals surface area contributed by atoms with Crippen LogP contribution in [0.2, 0.25) is 16.6 Å². The predicted molar refractivity (Wildman–Crippen MR) is 93.2 cm³/mol. The van der Waals surface area contributed by atoms with Crippen LogP contribution in [0.1, 0.15) is 41.5 Å². The molecule has 0 unspecified atom stereocenters. The summed E-state index contributed by atoms with van der Waals surface area (Å²) in [7, 11) is -1.97. The molecule has 3 heteroatoms. The molecule has 114 valence electrons. The molecule has 21 heavy (non-hydrogen) atoms. The SMILES string of the molecule is CC(C)[Si](c1cc2ccccc2oc1=O)(C(C)C)C(C)C. The highest BCUT2D eigenvalue weighted by Crippen LogP contribution is 2.40. The molecule has 0 N–H and O–H groups in total. The summed E-state index contributed by atoms with van der Waals surface area (Å²) < 4.78 is 5.63. The van der Waals surface area contributed by atoms with Crippen molar-refractivity contribution in [3.05, 3.63) is 40.8 Å². The van der Waals surface area contributed by atoms with E-state index in [2.05, 4.69) is 47.6 Å². The molecule has 0 saturated carbocycles. The van der Waals surface area contributed by atoms with E-state index in [0.717, 1.165) is 10.6 Å². The Morgan fingerprint density at radius 1 is 0.905 bits per heavy atom. The van der Waals surface area contributed by atoms with Crippen molar-refractivity contribution in [1.29, 1.82) is 0 Å². The second-order valence-electron chi connectivity index (χ2n) is 6.88. The smallest absolute Gasteiger partial charge is 0.335 e. The number of para-hydroxylation sites is 1. The Balaban J connectivity index is 2.82. The fraction of sp³-hybridized carbons (Fsp3) is 0.500. The van der Waals surface area contributed by atoms with Crippen molar-refractivity contribution in [2.24, 2.45) is 0 Å². The normalized spacial score (nSPS) is 12.8. The van der Waals surface area contributed by atoms with Gasteiger partial charge in [-0.2, -0.15) is 0 Å². The van der Waals surface area contributed by atoms with Crippen molar-refractivity contribution in [1.82, 2.24) is 0 Å². The van der Waals surface area contributed by atoms with Gasteiger partial charge >= 0.3 is 5.63 Å². The highest BCUT2D eigenvalue weighted by Gasteiger charge is 2.46. The summed E-state index contributed by atoms with van der Waals surface area (Å²) in [5.74, 6) is 0. The van der Waals surface area contributed by atoms with E-state index >= 15 is 0 Å². The minimum Gasteiger partial charge on any atom is -0.423 e. The van der Waals surface area contributed by atoms with E-state index in [1.807, 2.05) is 24.3 Å². The van der Waals surface area contributed by atoms with Gasteiger partial charge in [-0.15, -0.1) is 0 Å². The first-order valence-corrected chi connectivity index (χ1v) is 10.1. The predicted octanol–water partition coefficient (Wildman–Crippen LogP) is 4.68. The first-order valence-electron chi connectivity index (χ1n) is 7.85. The van der Waals surface area contributed by atoms with Gasteiger partial charge in [0.05, 0.1) is 0 Å². The second kappa shape index (κ2) is 5.80. The van der Waals surface area contributed by atoms with Crippen molar-refractivity contribution in [2.45, 2.75) is 58.2 Å². The van der Waals surface area contributed by atoms with Gasteiger partial charge in [-0.1, -0.05) is 59.7 Å². The van der Waals surface area contributed by atoms with E-state index in [1.165, 1.54) is 0 Å². The summed E-state index contributed by atoms with van der Waals surface area (Å²) >= 11 is 0. The number of hydrogen-bond acceptors (Lipinski definition) is 2. The fourth-order valence-corrected chi connectivity index (χ4v) is 11.0. The fourth-order valence-electron chi connectivity index (χ4n) is 4.30. The maximum absolute atomic E-state index is 12.7. The van der Waals surface area contributed by atoms with Crippen LogP contribution in [0.25, 0.3) is 11.0 Å². The molecular formula is C18H26O2Si. The van der Waals surface area contributed by atoms with Gasteiger partial charge < -0.3 is 4.42 Å². The molecule has 0 aliphatic carbocycles. The number of benzene rings is 1. The molecular weight excluding hydrogens is 276 g/mol. The average molecular weight is 302 g/mol. The third-order valence-electron chi connectivity index (χ3n) is 4.97. The molecule has 0 aliphatic heterocycles. The maximum Gasteiger partial charge on any atom is 0.335 e. The Morgan fingerprint density at radius 3 is 1.95 bits per heavy atom. The topological polar surface area (TPSA) is 30.2 Å². The monoisotopic (exact) mass is 302 g/mol. The van der Waals surface area contributed by atoms with Gasteiger partial charge in [0.15, 0.2) is 0 Å². The van der Waals surface area contributed by atoms with Gasteiger partial charge in [0.25, 0.3) is 0 Å². The third kappa shape index (κ3) is 2.48. The molecule has 1 aromatic heterocycles. The molecule has 1 heterocycles. The minimum atomic E-state index is -1.97. The van der Waals surface area contributed by atoms with Gasteiger partial charge in [0.2, 0.25) is 0 Å². The minimum absolute atomic E-state index is 0.128. The van der Waals surface area contributed by atoms with E-state index in [0.29, 0.717) is 22.2 Å². The van der Waals surface area contributed by atoms with Crippen LogP contribution in [-0.4, -0.2) is 8.07 Å². The highest BCUT2D eigenvalue weighted by atomic mass is 28.3. The number of fused-ring (bicyclic) bond motifs is 1. The zero-order chi connectivity index (χ0) is 15.8. The molecule has 0 saturated heterocycles.